The van der Waals surface area contributed by atoms with Crippen LogP contribution >= 0.6 is 27.5 Å². The second-order valence-electron chi connectivity index (χ2n) is 4.93. The molecule has 1 amide bonds. The Morgan fingerprint density at radius 2 is 2.09 bits per heavy atom. The first kappa shape index (κ1) is 17.8. The molecule has 0 atom stereocenters. The third-order valence-electron chi connectivity index (χ3n) is 3.13. The van der Waals surface area contributed by atoms with Crippen molar-refractivity contribution in [3.63, 3.8) is 0 Å². The summed E-state index contributed by atoms with van der Waals surface area (Å²) in [4.78, 5) is 12.2. The number of halogens is 3. The van der Waals surface area contributed by atoms with E-state index in [1.807, 2.05) is 0 Å². The molecule has 0 saturated heterocycles. The first-order valence-corrected chi connectivity index (χ1v) is 8.37. The van der Waals surface area contributed by atoms with Gasteiger partial charge in [0.05, 0.1) is 16.1 Å². The third-order valence-corrected chi connectivity index (χ3v) is 4.04. The van der Waals surface area contributed by atoms with Crippen molar-refractivity contribution in [1.29, 1.82) is 0 Å². The van der Waals surface area contributed by atoms with Gasteiger partial charge in [0.2, 0.25) is 0 Å². The summed E-state index contributed by atoms with van der Waals surface area (Å²) in [7, 11) is 0. The Morgan fingerprint density at radius 1 is 1.30 bits per heavy atom. The van der Waals surface area contributed by atoms with Gasteiger partial charge in [-0.1, -0.05) is 24.9 Å². The van der Waals surface area contributed by atoms with Gasteiger partial charge < -0.3 is 10.1 Å². The lowest BCUT2D eigenvalue weighted by Gasteiger charge is -2.10. The maximum atomic E-state index is 13.1. The van der Waals surface area contributed by atoms with Gasteiger partial charge >= 0.3 is 0 Å². The minimum Gasteiger partial charge on any atom is -0.492 e. The number of rotatable bonds is 6. The molecule has 6 heteroatoms. The molecule has 23 heavy (non-hydrogen) atoms. The van der Waals surface area contributed by atoms with Crippen LogP contribution < -0.4 is 10.1 Å². The highest BCUT2D eigenvalue weighted by Crippen LogP contribution is 2.27. The van der Waals surface area contributed by atoms with Crippen LogP contribution in [0.5, 0.6) is 5.75 Å². The van der Waals surface area contributed by atoms with E-state index >= 15 is 0 Å². The normalized spacial score (nSPS) is 10.4. The van der Waals surface area contributed by atoms with E-state index in [4.69, 9.17) is 16.3 Å². The predicted octanol–water partition coefficient (Wildman–Crippen LogP) is 5.67. The summed E-state index contributed by atoms with van der Waals surface area (Å²) in [6.07, 6.45) is 2.03. The van der Waals surface area contributed by atoms with Crippen molar-refractivity contribution in [2.45, 2.75) is 19.8 Å². The van der Waals surface area contributed by atoms with E-state index < -0.39 is 5.82 Å². The molecule has 122 valence electrons. The maximum absolute atomic E-state index is 13.1. The zero-order valence-electron chi connectivity index (χ0n) is 12.5. The summed E-state index contributed by atoms with van der Waals surface area (Å²) in [6.45, 7) is 2.72. The van der Waals surface area contributed by atoms with Crippen LogP contribution in [0.1, 0.15) is 30.1 Å². The lowest BCUT2D eigenvalue weighted by molar-refractivity contribution is 0.102. The number of nitrogens with one attached hydrogen (secondary N) is 1. The largest absolute Gasteiger partial charge is 0.492 e. The predicted molar refractivity (Wildman–Crippen MR) is 93.9 cm³/mol. The maximum Gasteiger partial charge on any atom is 0.255 e. The fraction of sp³-hybridized carbons (Fsp3) is 0.235. The molecule has 0 spiro atoms. The highest BCUT2D eigenvalue weighted by atomic mass is 79.9. The Morgan fingerprint density at radius 3 is 2.74 bits per heavy atom. The molecular weight excluding hydrogens is 385 g/mol. The van der Waals surface area contributed by atoms with Crippen LogP contribution in [0.4, 0.5) is 10.1 Å². The van der Waals surface area contributed by atoms with Crippen molar-refractivity contribution in [2.24, 2.45) is 0 Å². The molecule has 2 aromatic rings. The van der Waals surface area contributed by atoms with Crippen molar-refractivity contribution < 1.29 is 13.9 Å². The summed E-state index contributed by atoms with van der Waals surface area (Å²) in [5.74, 6) is -0.144. The number of carbonyl (C=O) groups is 1. The molecule has 0 aromatic heterocycles. The lowest BCUT2D eigenvalue weighted by Crippen LogP contribution is -2.12. The Hall–Kier alpha value is -1.59. The van der Waals surface area contributed by atoms with E-state index in [2.05, 4.69) is 28.2 Å². The zero-order valence-corrected chi connectivity index (χ0v) is 14.9. The van der Waals surface area contributed by atoms with Crippen LogP contribution in [0.3, 0.4) is 0 Å². The van der Waals surface area contributed by atoms with Crippen LogP contribution in [-0.4, -0.2) is 12.5 Å². The molecule has 0 aliphatic heterocycles. The van der Waals surface area contributed by atoms with Crippen LogP contribution in [0, 0.1) is 5.82 Å². The number of hydrogen-bond acceptors (Lipinski definition) is 2. The van der Waals surface area contributed by atoms with Gasteiger partial charge in [0.25, 0.3) is 5.91 Å². The molecule has 0 radical (unpaired) electrons. The van der Waals surface area contributed by atoms with Crippen LogP contribution in [-0.2, 0) is 0 Å². The van der Waals surface area contributed by atoms with E-state index in [-0.39, 0.29) is 10.9 Å². The summed E-state index contributed by atoms with van der Waals surface area (Å²) in [6, 6.07) is 9.13. The number of anilines is 1. The summed E-state index contributed by atoms with van der Waals surface area (Å²) in [5.41, 5.74) is 0.890. The van der Waals surface area contributed by atoms with E-state index in [0.717, 1.165) is 12.8 Å². The van der Waals surface area contributed by atoms with Gasteiger partial charge in [0.15, 0.2) is 0 Å². The van der Waals surface area contributed by atoms with Gasteiger partial charge in [-0.05, 0) is 58.7 Å². The van der Waals surface area contributed by atoms with Crippen molar-refractivity contribution >= 4 is 39.1 Å². The third kappa shape index (κ3) is 4.94. The minimum absolute atomic E-state index is 0.0383. The van der Waals surface area contributed by atoms with Crippen LogP contribution in [0.15, 0.2) is 40.9 Å². The molecule has 0 heterocycles. The molecule has 0 fully saturated rings. The number of ether oxygens (including phenoxy) is 1. The van der Waals surface area contributed by atoms with E-state index in [9.17, 15) is 9.18 Å². The fourth-order valence-corrected chi connectivity index (χ4v) is 2.54. The SMILES string of the molecule is CCCCOc1ccc(C(=O)Nc2ccc(F)c(Cl)c2)cc1Br. The number of unbranched alkanes of at least 4 members (excludes halogenated alkanes) is 1. The molecular formula is C17H16BrClFNO2. The molecule has 0 bridgehead atoms. The van der Waals surface area contributed by atoms with Gasteiger partial charge in [-0.2, -0.15) is 0 Å². The number of benzene rings is 2. The zero-order chi connectivity index (χ0) is 16.8. The van der Waals surface area contributed by atoms with Gasteiger partial charge in [-0.25, -0.2) is 4.39 Å². The average molecular weight is 401 g/mol. The summed E-state index contributed by atoms with van der Waals surface area (Å²) >= 11 is 9.10. The lowest BCUT2D eigenvalue weighted by atomic mass is 10.2. The number of amides is 1. The fourth-order valence-electron chi connectivity index (χ4n) is 1.86. The average Bonchev–Trinajstić information content (AvgIpc) is 2.52. The standard InChI is InChI=1S/C17H16BrClFNO2/c1-2-3-8-23-16-7-4-11(9-13(16)18)17(22)21-12-5-6-15(20)14(19)10-12/h4-7,9-10H,2-3,8H2,1H3,(H,21,22). The second-order valence-corrected chi connectivity index (χ2v) is 6.19. The Bertz CT molecular complexity index is 709. The summed E-state index contributed by atoms with van der Waals surface area (Å²) < 4.78 is 19.4. The van der Waals surface area contributed by atoms with Crippen LogP contribution in [0.2, 0.25) is 5.02 Å². The Labute approximate surface area is 147 Å². The first-order valence-electron chi connectivity index (χ1n) is 7.20. The molecule has 0 unspecified atom stereocenters. The Balaban J connectivity index is 2.07. The van der Waals surface area contributed by atoms with Gasteiger partial charge in [-0.3, -0.25) is 4.79 Å². The highest BCUT2D eigenvalue weighted by molar-refractivity contribution is 9.10. The van der Waals surface area contributed by atoms with Gasteiger partial charge in [0.1, 0.15) is 11.6 Å². The number of hydrogen-bond donors (Lipinski definition) is 1. The summed E-state index contributed by atoms with van der Waals surface area (Å²) in [5, 5.41) is 2.64. The topological polar surface area (TPSA) is 38.3 Å². The van der Waals surface area contributed by atoms with Crippen molar-refractivity contribution in [2.75, 3.05) is 11.9 Å². The van der Waals surface area contributed by atoms with E-state index in [0.29, 0.717) is 28.1 Å². The molecule has 0 aliphatic rings. The molecule has 1 N–H and O–H groups in total. The monoisotopic (exact) mass is 399 g/mol. The quantitative estimate of drug-likeness (QED) is 0.634. The first-order chi connectivity index (χ1) is 11.0. The van der Waals surface area contributed by atoms with Gasteiger partial charge in [0, 0.05) is 11.3 Å². The molecule has 0 aliphatic carbocycles. The van der Waals surface area contributed by atoms with E-state index in [1.54, 1.807) is 18.2 Å². The molecule has 2 aromatic carbocycles. The highest BCUT2D eigenvalue weighted by Gasteiger charge is 2.10. The van der Waals surface area contributed by atoms with Crippen LogP contribution in [0.25, 0.3) is 0 Å². The number of carbonyl (C=O) groups excluding carboxylic acids is 1. The van der Waals surface area contributed by atoms with E-state index in [1.165, 1.54) is 18.2 Å². The van der Waals surface area contributed by atoms with Crippen molar-refractivity contribution in [1.82, 2.24) is 0 Å². The molecule has 3 nitrogen and oxygen atoms in total. The minimum atomic E-state index is -0.527. The molecule has 0 saturated carbocycles. The van der Waals surface area contributed by atoms with Crippen molar-refractivity contribution in [3.05, 3.63) is 57.3 Å². The second kappa shape index (κ2) is 8.31. The van der Waals surface area contributed by atoms with Crippen molar-refractivity contribution in [3.8, 4) is 5.75 Å². The smallest absolute Gasteiger partial charge is 0.255 e. The Kier molecular flexibility index (Phi) is 6.42. The molecule has 2 rings (SSSR count). The van der Waals surface area contributed by atoms with Gasteiger partial charge in [-0.15, -0.1) is 0 Å².